The lowest BCUT2D eigenvalue weighted by molar-refractivity contribution is 0.0437. The fraction of sp³-hybridized carbons (Fsp3) is 0.643. The average molecular weight is 411 g/mol. The van der Waals surface area contributed by atoms with Crippen LogP contribution in [0.2, 0.25) is 0 Å². The van der Waals surface area contributed by atoms with Gasteiger partial charge >= 0.3 is 0 Å². The van der Waals surface area contributed by atoms with Crippen molar-refractivity contribution >= 4 is 29.9 Å². The van der Waals surface area contributed by atoms with Gasteiger partial charge in [-0.1, -0.05) is 0 Å². The van der Waals surface area contributed by atoms with Gasteiger partial charge in [0, 0.05) is 19.7 Å². The van der Waals surface area contributed by atoms with Crippen LogP contribution in [0.5, 0.6) is 0 Å². The van der Waals surface area contributed by atoms with E-state index < -0.39 is 5.60 Å². The summed E-state index contributed by atoms with van der Waals surface area (Å²) in [5.41, 5.74) is -1.12. The van der Waals surface area contributed by atoms with E-state index in [1.807, 2.05) is 13.8 Å². The molecule has 0 aliphatic carbocycles. The van der Waals surface area contributed by atoms with E-state index in [0.717, 1.165) is 6.54 Å². The van der Waals surface area contributed by atoms with E-state index in [0.29, 0.717) is 31.5 Å². The fourth-order valence-corrected chi connectivity index (χ4v) is 1.62. The Kier molecular flexibility index (Phi) is 10.4. The van der Waals surface area contributed by atoms with E-state index in [4.69, 9.17) is 9.15 Å². The Morgan fingerprint density at radius 2 is 2.19 bits per heavy atom. The normalized spacial score (nSPS) is 14.2. The summed E-state index contributed by atoms with van der Waals surface area (Å²) in [6.45, 7) is 8.58. The third kappa shape index (κ3) is 7.68. The zero-order valence-electron chi connectivity index (χ0n) is 12.9. The number of ether oxygens (including phenoxy) is 1. The maximum absolute atomic E-state index is 10.3. The van der Waals surface area contributed by atoms with E-state index in [2.05, 4.69) is 15.6 Å². The molecular weight excluding hydrogens is 385 g/mol. The number of furan rings is 1. The third-order valence-electron chi connectivity index (χ3n) is 2.68. The van der Waals surface area contributed by atoms with Crippen molar-refractivity contribution in [1.29, 1.82) is 0 Å². The minimum Gasteiger partial charge on any atom is -0.466 e. The van der Waals surface area contributed by atoms with Gasteiger partial charge in [0.2, 0.25) is 0 Å². The predicted molar refractivity (Wildman–Crippen MR) is 94.2 cm³/mol. The van der Waals surface area contributed by atoms with Crippen molar-refractivity contribution in [1.82, 2.24) is 10.6 Å². The highest BCUT2D eigenvalue weighted by atomic mass is 127. The molecule has 0 spiro atoms. The van der Waals surface area contributed by atoms with Crippen molar-refractivity contribution in [3.8, 4) is 0 Å². The molecule has 1 rings (SSSR count). The number of aliphatic imine (C=N–C) groups is 1. The van der Waals surface area contributed by atoms with Gasteiger partial charge in [-0.15, -0.1) is 24.0 Å². The molecular formula is C14H26IN3O3. The summed E-state index contributed by atoms with van der Waals surface area (Å²) in [5, 5.41) is 16.6. The van der Waals surface area contributed by atoms with Crippen LogP contribution >= 0.6 is 24.0 Å². The number of rotatable bonds is 8. The van der Waals surface area contributed by atoms with Gasteiger partial charge < -0.3 is 24.9 Å². The minimum absolute atomic E-state index is 0. The second-order valence-electron chi connectivity index (χ2n) is 4.57. The molecule has 7 heteroatoms. The van der Waals surface area contributed by atoms with Gasteiger partial charge in [-0.3, -0.25) is 0 Å². The van der Waals surface area contributed by atoms with Gasteiger partial charge in [-0.25, -0.2) is 4.99 Å². The van der Waals surface area contributed by atoms with Gasteiger partial charge in [-0.05, 0) is 32.9 Å². The van der Waals surface area contributed by atoms with Crippen LogP contribution < -0.4 is 10.6 Å². The Bertz CT molecular complexity index is 394. The SMILES string of the molecule is CCNC(=NCC(C)(O)c1ccco1)NCCOCC.I. The number of halogens is 1. The molecule has 0 saturated carbocycles. The lowest BCUT2D eigenvalue weighted by atomic mass is 10.0. The Labute approximate surface area is 143 Å². The first kappa shape index (κ1) is 20.2. The summed E-state index contributed by atoms with van der Waals surface area (Å²) in [4.78, 5) is 4.37. The van der Waals surface area contributed by atoms with Crippen LogP contribution in [0, 0.1) is 0 Å². The molecule has 1 heterocycles. The smallest absolute Gasteiger partial charge is 0.191 e. The first-order valence-corrected chi connectivity index (χ1v) is 6.96. The molecule has 0 bridgehead atoms. The van der Waals surface area contributed by atoms with Crippen molar-refractivity contribution in [2.75, 3.05) is 32.8 Å². The summed E-state index contributed by atoms with van der Waals surface area (Å²) in [6.07, 6.45) is 1.54. The summed E-state index contributed by atoms with van der Waals surface area (Å²) in [6, 6.07) is 3.49. The van der Waals surface area contributed by atoms with Gasteiger partial charge in [0.15, 0.2) is 5.96 Å². The number of hydrogen-bond donors (Lipinski definition) is 3. The maximum atomic E-state index is 10.3. The van der Waals surface area contributed by atoms with Gasteiger partial charge in [0.05, 0.1) is 19.4 Å². The number of nitrogens with one attached hydrogen (secondary N) is 2. The standard InChI is InChI=1S/C14H25N3O3.HI/c1-4-15-13(16-8-10-19-5-2)17-11-14(3,18)12-7-6-9-20-12;/h6-7,9,18H,4-5,8,10-11H2,1-3H3,(H2,15,16,17);1H. The van der Waals surface area contributed by atoms with Crippen molar-refractivity contribution in [2.24, 2.45) is 4.99 Å². The average Bonchev–Trinajstić information content (AvgIpc) is 2.95. The lowest BCUT2D eigenvalue weighted by Crippen LogP contribution is -2.40. The predicted octanol–water partition coefficient (Wildman–Crippen LogP) is 1.70. The Balaban J connectivity index is 0.00000400. The third-order valence-corrected chi connectivity index (χ3v) is 2.68. The zero-order chi connectivity index (χ0) is 14.8. The van der Waals surface area contributed by atoms with Crippen molar-refractivity contribution in [3.63, 3.8) is 0 Å². The highest BCUT2D eigenvalue weighted by molar-refractivity contribution is 14.0. The summed E-state index contributed by atoms with van der Waals surface area (Å²) < 4.78 is 10.5. The molecule has 21 heavy (non-hydrogen) atoms. The summed E-state index contributed by atoms with van der Waals surface area (Å²) >= 11 is 0. The molecule has 1 unspecified atom stereocenters. The first-order chi connectivity index (χ1) is 9.60. The summed E-state index contributed by atoms with van der Waals surface area (Å²) in [5.74, 6) is 1.16. The number of aliphatic hydroxyl groups is 1. The quantitative estimate of drug-likeness (QED) is 0.263. The molecule has 0 radical (unpaired) electrons. The number of nitrogens with zero attached hydrogens (tertiary/aromatic N) is 1. The topological polar surface area (TPSA) is 79.0 Å². The minimum atomic E-state index is -1.12. The zero-order valence-corrected chi connectivity index (χ0v) is 15.2. The molecule has 6 nitrogen and oxygen atoms in total. The molecule has 3 N–H and O–H groups in total. The highest BCUT2D eigenvalue weighted by Crippen LogP contribution is 2.20. The van der Waals surface area contributed by atoms with Gasteiger partial charge in [0.25, 0.3) is 0 Å². The lowest BCUT2D eigenvalue weighted by Gasteiger charge is -2.19. The monoisotopic (exact) mass is 411 g/mol. The van der Waals surface area contributed by atoms with E-state index in [9.17, 15) is 5.11 Å². The Morgan fingerprint density at radius 1 is 1.43 bits per heavy atom. The maximum Gasteiger partial charge on any atom is 0.191 e. The fourth-order valence-electron chi connectivity index (χ4n) is 1.62. The highest BCUT2D eigenvalue weighted by Gasteiger charge is 2.25. The Morgan fingerprint density at radius 3 is 2.76 bits per heavy atom. The molecule has 0 aromatic carbocycles. The van der Waals surface area contributed by atoms with Crippen molar-refractivity contribution in [2.45, 2.75) is 26.4 Å². The number of hydrogen-bond acceptors (Lipinski definition) is 4. The van der Waals surface area contributed by atoms with Crippen molar-refractivity contribution < 1.29 is 14.3 Å². The second-order valence-corrected chi connectivity index (χ2v) is 4.57. The van der Waals surface area contributed by atoms with Crippen LogP contribution in [0.4, 0.5) is 0 Å². The van der Waals surface area contributed by atoms with Crippen LogP contribution in [-0.4, -0.2) is 43.9 Å². The van der Waals surface area contributed by atoms with Crippen LogP contribution in [0.3, 0.4) is 0 Å². The molecule has 0 aliphatic rings. The van der Waals surface area contributed by atoms with E-state index in [1.165, 1.54) is 0 Å². The largest absolute Gasteiger partial charge is 0.466 e. The molecule has 1 aromatic heterocycles. The molecule has 1 aromatic rings. The molecule has 1 atom stereocenters. The van der Waals surface area contributed by atoms with Gasteiger partial charge in [0.1, 0.15) is 11.4 Å². The first-order valence-electron chi connectivity index (χ1n) is 6.96. The van der Waals surface area contributed by atoms with E-state index in [1.54, 1.807) is 25.3 Å². The number of guanidine groups is 1. The van der Waals surface area contributed by atoms with Crippen molar-refractivity contribution in [3.05, 3.63) is 24.2 Å². The van der Waals surface area contributed by atoms with Crippen LogP contribution in [0.25, 0.3) is 0 Å². The molecule has 122 valence electrons. The van der Waals surface area contributed by atoms with Gasteiger partial charge in [-0.2, -0.15) is 0 Å². The van der Waals surface area contributed by atoms with Crippen LogP contribution in [0.1, 0.15) is 26.5 Å². The second kappa shape index (κ2) is 10.9. The molecule has 0 aliphatic heterocycles. The molecule has 0 fully saturated rings. The van der Waals surface area contributed by atoms with E-state index in [-0.39, 0.29) is 30.5 Å². The van der Waals surface area contributed by atoms with Crippen LogP contribution in [-0.2, 0) is 10.3 Å². The summed E-state index contributed by atoms with van der Waals surface area (Å²) in [7, 11) is 0. The van der Waals surface area contributed by atoms with E-state index >= 15 is 0 Å². The Hall–Kier alpha value is -0.800. The molecule has 0 amide bonds. The molecule has 0 saturated heterocycles. The van der Waals surface area contributed by atoms with Crippen LogP contribution in [0.15, 0.2) is 27.8 Å².